The Morgan fingerprint density at radius 1 is 0.895 bits per heavy atom. The van der Waals surface area contributed by atoms with Crippen molar-refractivity contribution in [3.8, 4) is 0 Å². The highest BCUT2D eigenvalue weighted by Crippen LogP contribution is 2.38. The first kappa shape index (κ1) is 27.7. The number of alkyl halides is 3. The van der Waals surface area contributed by atoms with Gasteiger partial charge in [-0.1, -0.05) is 17.7 Å². The van der Waals surface area contributed by atoms with Gasteiger partial charge in [-0.25, -0.2) is 0 Å². The van der Waals surface area contributed by atoms with Crippen LogP contribution in [0.2, 0.25) is 0 Å². The number of nitrogens with zero attached hydrogens (tertiary/aromatic N) is 5. The quantitative estimate of drug-likeness (QED) is 0.384. The number of carbonyl (C=O) groups excluding carboxylic acids is 1. The average molecular weight is 534 g/mol. The number of nitro groups is 1. The van der Waals surface area contributed by atoms with Crippen LogP contribution in [0.15, 0.2) is 42.5 Å². The summed E-state index contributed by atoms with van der Waals surface area (Å²) in [6.07, 6.45) is -3.00. The van der Waals surface area contributed by atoms with E-state index in [2.05, 4.69) is 41.0 Å². The van der Waals surface area contributed by atoms with Gasteiger partial charge in [0.25, 0.3) is 5.69 Å². The van der Waals surface area contributed by atoms with Gasteiger partial charge in [0.1, 0.15) is 5.56 Å². The Kier molecular flexibility index (Phi) is 8.76. The minimum atomic E-state index is -4.82. The monoisotopic (exact) mass is 533 g/mol. The van der Waals surface area contributed by atoms with Crippen LogP contribution in [0.25, 0.3) is 0 Å². The maximum atomic E-state index is 13.4. The third kappa shape index (κ3) is 6.94. The van der Waals surface area contributed by atoms with Crippen molar-refractivity contribution < 1.29 is 22.9 Å². The van der Waals surface area contributed by atoms with Crippen molar-refractivity contribution in [2.45, 2.75) is 32.4 Å². The number of amides is 1. The first-order valence-electron chi connectivity index (χ1n) is 13.0. The lowest BCUT2D eigenvalue weighted by atomic mass is 10.1. The second kappa shape index (κ2) is 12.0. The highest BCUT2D eigenvalue weighted by atomic mass is 19.4. The maximum Gasteiger partial charge on any atom is 0.423 e. The van der Waals surface area contributed by atoms with Crippen molar-refractivity contribution in [2.24, 2.45) is 0 Å². The number of nitro benzene ring substituents is 1. The van der Waals surface area contributed by atoms with Gasteiger partial charge in [0, 0.05) is 76.2 Å². The van der Waals surface area contributed by atoms with Gasteiger partial charge in [-0.05, 0) is 50.6 Å². The van der Waals surface area contributed by atoms with Gasteiger partial charge in [-0.3, -0.25) is 19.8 Å². The normalized spacial score (nSPS) is 17.4. The zero-order valence-corrected chi connectivity index (χ0v) is 21.6. The van der Waals surface area contributed by atoms with Crippen molar-refractivity contribution in [3.05, 3.63) is 63.7 Å². The Bertz CT molecular complexity index is 1120. The van der Waals surface area contributed by atoms with Gasteiger partial charge >= 0.3 is 6.18 Å². The van der Waals surface area contributed by atoms with E-state index in [0.717, 1.165) is 51.3 Å². The number of halogens is 3. The number of anilines is 2. The van der Waals surface area contributed by atoms with E-state index in [4.69, 9.17) is 0 Å². The van der Waals surface area contributed by atoms with E-state index in [9.17, 15) is 28.1 Å². The van der Waals surface area contributed by atoms with E-state index < -0.39 is 22.4 Å². The third-order valence-electron chi connectivity index (χ3n) is 7.33. The van der Waals surface area contributed by atoms with E-state index in [-0.39, 0.29) is 11.6 Å². The number of benzene rings is 2. The van der Waals surface area contributed by atoms with Gasteiger partial charge < -0.3 is 14.7 Å². The van der Waals surface area contributed by atoms with Crippen molar-refractivity contribution in [1.82, 2.24) is 9.80 Å². The lowest BCUT2D eigenvalue weighted by Crippen LogP contribution is -2.46. The summed E-state index contributed by atoms with van der Waals surface area (Å²) in [5.41, 5.74) is 0.559. The second-order valence-electron chi connectivity index (χ2n) is 9.95. The lowest BCUT2D eigenvalue weighted by molar-refractivity contribution is -0.388. The molecule has 2 aliphatic rings. The largest absolute Gasteiger partial charge is 0.423 e. The number of hydrogen-bond acceptors (Lipinski definition) is 6. The molecule has 0 N–H and O–H groups in total. The molecule has 1 amide bonds. The van der Waals surface area contributed by atoms with Crippen LogP contribution >= 0.6 is 0 Å². The van der Waals surface area contributed by atoms with Crippen LogP contribution in [0.1, 0.15) is 30.4 Å². The average Bonchev–Trinajstić information content (AvgIpc) is 3.15. The fraction of sp³-hybridized carbons (Fsp3) is 0.519. The van der Waals surface area contributed by atoms with Crippen molar-refractivity contribution in [1.29, 1.82) is 0 Å². The van der Waals surface area contributed by atoms with E-state index >= 15 is 0 Å². The molecule has 206 valence electrons. The number of aryl methyl sites for hydroxylation is 1. The summed E-state index contributed by atoms with van der Waals surface area (Å²) in [7, 11) is 0. The number of carbonyl (C=O) groups is 1. The Hall–Kier alpha value is -3.34. The molecule has 2 heterocycles. The fourth-order valence-corrected chi connectivity index (χ4v) is 5.13. The summed E-state index contributed by atoms with van der Waals surface area (Å²) in [6.45, 7) is 8.57. The molecule has 0 aromatic heterocycles. The fourth-order valence-electron chi connectivity index (χ4n) is 5.13. The number of piperazine rings is 1. The molecule has 2 aromatic carbocycles. The van der Waals surface area contributed by atoms with Crippen LogP contribution in [0.4, 0.5) is 30.2 Å². The van der Waals surface area contributed by atoms with Crippen molar-refractivity contribution >= 4 is 23.0 Å². The molecular formula is C27H34F3N5O3. The minimum Gasteiger partial charge on any atom is -0.370 e. The highest BCUT2D eigenvalue weighted by Gasteiger charge is 2.39. The molecule has 8 nitrogen and oxygen atoms in total. The van der Waals surface area contributed by atoms with Crippen LogP contribution in [0.3, 0.4) is 0 Å². The van der Waals surface area contributed by atoms with Gasteiger partial charge in [0.2, 0.25) is 5.91 Å². The number of hydrogen-bond donors (Lipinski definition) is 0. The van der Waals surface area contributed by atoms with E-state index in [1.807, 2.05) is 0 Å². The van der Waals surface area contributed by atoms with Gasteiger partial charge in [0.15, 0.2) is 0 Å². The molecule has 0 atom stereocenters. The lowest BCUT2D eigenvalue weighted by Gasteiger charge is -2.36. The molecular weight excluding hydrogens is 499 g/mol. The summed E-state index contributed by atoms with van der Waals surface area (Å²) < 4.78 is 40.2. The summed E-state index contributed by atoms with van der Waals surface area (Å²) >= 11 is 0. The topological polar surface area (TPSA) is 73.2 Å². The second-order valence-corrected chi connectivity index (χ2v) is 9.95. The van der Waals surface area contributed by atoms with Gasteiger partial charge in [-0.2, -0.15) is 13.2 Å². The van der Waals surface area contributed by atoms with Gasteiger partial charge in [-0.15, -0.1) is 0 Å². The summed E-state index contributed by atoms with van der Waals surface area (Å²) in [6, 6.07) is 11.7. The van der Waals surface area contributed by atoms with Crippen LogP contribution in [0, 0.1) is 17.0 Å². The van der Waals surface area contributed by atoms with E-state index in [1.54, 1.807) is 9.80 Å². The molecule has 2 aliphatic heterocycles. The zero-order chi connectivity index (χ0) is 27.3. The molecule has 4 rings (SSSR count). The Balaban J connectivity index is 1.23. The van der Waals surface area contributed by atoms with Crippen molar-refractivity contribution in [2.75, 3.05) is 68.7 Å². The zero-order valence-electron chi connectivity index (χ0n) is 21.6. The van der Waals surface area contributed by atoms with Crippen molar-refractivity contribution in [3.63, 3.8) is 0 Å². The summed E-state index contributed by atoms with van der Waals surface area (Å²) in [5.74, 6) is 0.0600. The molecule has 0 aliphatic carbocycles. The Morgan fingerprint density at radius 3 is 2.18 bits per heavy atom. The van der Waals surface area contributed by atoms with Crippen LogP contribution in [-0.4, -0.2) is 79.5 Å². The van der Waals surface area contributed by atoms with Crippen LogP contribution in [-0.2, 0) is 11.0 Å². The third-order valence-corrected chi connectivity index (χ3v) is 7.33. The highest BCUT2D eigenvalue weighted by molar-refractivity contribution is 5.76. The van der Waals surface area contributed by atoms with Gasteiger partial charge in [0.05, 0.1) is 4.92 Å². The summed E-state index contributed by atoms with van der Waals surface area (Å²) in [5, 5.41) is 11.0. The molecule has 2 saturated heterocycles. The molecule has 38 heavy (non-hydrogen) atoms. The molecule has 2 fully saturated rings. The molecule has 2 aromatic rings. The van der Waals surface area contributed by atoms with Crippen LogP contribution in [0.5, 0.6) is 0 Å². The standard InChI is InChI=1S/C27H34F3N5O3/c1-21-5-7-22(8-6-21)33-16-14-31(15-17-33)11-2-4-26(36)34-13-3-12-32(18-19-34)23-9-10-25(35(37)38)24(20-23)27(28,29)30/h5-10,20H,2-4,11-19H2,1H3. The predicted molar refractivity (Wildman–Crippen MR) is 141 cm³/mol. The summed E-state index contributed by atoms with van der Waals surface area (Å²) in [4.78, 5) is 31.2. The first-order valence-corrected chi connectivity index (χ1v) is 13.0. The van der Waals surface area contributed by atoms with E-state index in [1.165, 1.54) is 17.3 Å². The smallest absolute Gasteiger partial charge is 0.370 e. The van der Waals surface area contributed by atoms with Crippen LogP contribution < -0.4 is 9.80 Å². The molecule has 0 unspecified atom stereocenters. The number of rotatable bonds is 7. The predicted octanol–water partition coefficient (Wildman–Crippen LogP) is 4.56. The molecule has 0 saturated carbocycles. The molecule has 0 spiro atoms. The van der Waals surface area contributed by atoms with E-state index in [0.29, 0.717) is 39.0 Å². The molecule has 0 radical (unpaired) electrons. The minimum absolute atomic E-state index is 0.0600. The molecule has 0 bridgehead atoms. The first-order chi connectivity index (χ1) is 18.1. The Morgan fingerprint density at radius 2 is 1.53 bits per heavy atom. The Labute approximate surface area is 220 Å². The maximum absolute atomic E-state index is 13.4. The molecule has 11 heteroatoms. The SMILES string of the molecule is Cc1ccc(N2CCN(CCCC(=O)N3CCCN(c4ccc([N+](=O)[O-])c(C(F)(F)F)c4)CC3)CC2)cc1.